The van der Waals surface area contributed by atoms with E-state index in [1.54, 1.807) is 24.3 Å². The van der Waals surface area contributed by atoms with Crippen LogP contribution in [0.5, 0.6) is 5.75 Å². The summed E-state index contributed by atoms with van der Waals surface area (Å²) in [7, 11) is 0. The fraction of sp³-hybridized carbons (Fsp3) is 0.308. The van der Waals surface area contributed by atoms with Crippen molar-refractivity contribution in [1.82, 2.24) is 15.0 Å². The molecular weight excluding hydrogens is 278 g/mol. The number of aromatic hydroxyl groups is 1. The second kappa shape index (κ2) is 5.50. The largest absolute Gasteiger partial charge is 0.506 e. The third-order valence-electron chi connectivity index (χ3n) is 2.25. The van der Waals surface area contributed by atoms with Crippen LogP contribution in [0.25, 0.3) is 0 Å². The van der Waals surface area contributed by atoms with Gasteiger partial charge in [0, 0.05) is 5.54 Å². The van der Waals surface area contributed by atoms with Crippen LogP contribution < -0.4 is 10.6 Å². The van der Waals surface area contributed by atoms with Gasteiger partial charge in [0.15, 0.2) is 0 Å². The molecule has 0 saturated carbocycles. The lowest BCUT2D eigenvalue weighted by Crippen LogP contribution is -2.27. The quantitative estimate of drug-likeness (QED) is 0.754. The number of anilines is 3. The molecule has 6 nitrogen and oxygen atoms in total. The van der Waals surface area contributed by atoms with Crippen molar-refractivity contribution in [3.63, 3.8) is 0 Å². The molecule has 20 heavy (non-hydrogen) atoms. The number of benzene rings is 1. The zero-order chi connectivity index (χ0) is 14.8. The Morgan fingerprint density at radius 3 is 2.35 bits per heavy atom. The average Bonchev–Trinajstić information content (AvgIpc) is 2.29. The molecule has 1 aromatic carbocycles. The molecule has 0 amide bonds. The lowest BCUT2D eigenvalue weighted by Gasteiger charge is -2.20. The minimum atomic E-state index is -0.198. The van der Waals surface area contributed by atoms with E-state index < -0.39 is 0 Å². The number of phenols is 1. The highest BCUT2D eigenvalue weighted by Gasteiger charge is 2.13. The Morgan fingerprint density at radius 2 is 1.70 bits per heavy atom. The monoisotopic (exact) mass is 293 g/mol. The van der Waals surface area contributed by atoms with Crippen molar-refractivity contribution in [2.45, 2.75) is 26.3 Å². The first-order chi connectivity index (χ1) is 9.33. The number of hydrogen-bond donors (Lipinski definition) is 3. The maximum atomic E-state index is 9.71. The molecule has 0 fully saturated rings. The highest BCUT2D eigenvalue weighted by Crippen LogP contribution is 2.25. The first-order valence-electron chi connectivity index (χ1n) is 6.08. The van der Waals surface area contributed by atoms with Crippen molar-refractivity contribution in [3.8, 4) is 5.75 Å². The zero-order valence-electron chi connectivity index (χ0n) is 11.5. The molecule has 1 aromatic heterocycles. The molecule has 0 radical (unpaired) electrons. The van der Waals surface area contributed by atoms with E-state index in [2.05, 4.69) is 25.6 Å². The first kappa shape index (κ1) is 14.3. The van der Waals surface area contributed by atoms with Gasteiger partial charge in [0.25, 0.3) is 0 Å². The molecule has 0 saturated heterocycles. The third kappa shape index (κ3) is 3.96. The summed E-state index contributed by atoms with van der Waals surface area (Å²) in [6, 6.07) is 6.80. The van der Waals surface area contributed by atoms with Gasteiger partial charge in [0.05, 0.1) is 5.69 Å². The van der Waals surface area contributed by atoms with E-state index in [9.17, 15) is 5.11 Å². The van der Waals surface area contributed by atoms with Crippen molar-refractivity contribution in [3.05, 3.63) is 29.5 Å². The molecule has 2 rings (SSSR count). The van der Waals surface area contributed by atoms with Gasteiger partial charge in [-0.1, -0.05) is 12.1 Å². The number of para-hydroxylation sites is 2. The van der Waals surface area contributed by atoms with Gasteiger partial charge >= 0.3 is 0 Å². The summed E-state index contributed by atoms with van der Waals surface area (Å²) in [6.07, 6.45) is 0. The second-order valence-corrected chi connectivity index (χ2v) is 5.61. The van der Waals surface area contributed by atoms with Crippen LogP contribution in [0.4, 0.5) is 17.6 Å². The van der Waals surface area contributed by atoms with E-state index in [0.717, 1.165) is 0 Å². The third-order valence-corrected chi connectivity index (χ3v) is 2.41. The van der Waals surface area contributed by atoms with E-state index in [0.29, 0.717) is 11.6 Å². The summed E-state index contributed by atoms with van der Waals surface area (Å²) < 4.78 is 0. The molecule has 0 unspecified atom stereocenters. The zero-order valence-corrected chi connectivity index (χ0v) is 12.2. The standard InChI is InChI=1S/C13H16ClN5O/c1-13(2,3)19-12-17-10(14)16-11(18-12)15-8-6-4-5-7-9(8)20/h4-7,20H,1-3H3,(H2,15,16,17,18,19). The van der Waals surface area contributed by atoms with E-state index in [1.165, 1.54) is 0 Å². The number of rotatable bonds is 3. The maximum absolute atomic E-state index is 9.71. The summed E-state index contributed by atoms with van der Waals surface area (Å²) in [6.45, 7) is 5.96. The lowest BCUT2D eigenvalue weighted by atomic mass is 10.1. The van der Waals surface area contributed by atoms with Crippen LogP contribution in [0.2, 0.25) is 5.28 Å². The van der Waals surface area contributed by atoms with Crippen LogP contribution in [0, 0.1) is 0 Å². The van der Waals surface area contributed by atoms with Crippen LogP contribution >= 0.6 is 11.6 Å². The Bertz CT molecular complexity index is 612. The Hall–Kier alpha value is -2.08. The van der Waals surface area contributed by atoms with Crippen LogP contribution in [0.1, 0.15) is 20.8 Å². The summed E-state index contributed by atoms with van der Waals surface area (Å²) in [4.78, 5) is 12.2. The Morgan fingerprint density at radius 1 is 1.05 bits per heavy atom. The van der Waals surface area contributed by atoms with E-state index in [-0.39, 0.29) is 22.5 Å². The number of nitrogens with one attached hydrogen (secondary N) is 2. The van der Waals surface area contributed by atoms with Gasteiger partial charge in [-0.25, -0.2) is 0 Å². The van der Waals surface area contributed by atoms with E-state index in [1.807, 2.05) is 20.8 Å². The Kier molecular flexibility index (Phi) is 3.94. The SMILES string of the molecule is CC(C)(C)Nc1nc(Cl)nc(Nc2ccccc2O)n1. The molecule has 2 aromatic rings. The average molecular weight is 294 g/mol. The first-order valence-corrected chi connectivity index (χ1v) is 6.46. The minimum absolute atomic E-state index is 0.0738. The van der Waals surface area contributed by atoms with Crippen LogP contribution in [0.3, 0.4) is 0 Å². The summed E-state index contributed by atoms with van der Waals surface area (Å²) in [5.74, 6) is 0.739. The molecule has 1 heterocycles. The number of halogens is 1. The van der Waals surface area contributed by atoms with Gasteiger partial charge in [0.2, 0.25) is 17.2 Å². The Labute approximate surface area is 122 Å². The predicted molar refractivity (Wildman–Crippen MR) is 79.6 cm³/mol. The van der Waals surface area contributed by atoms with Crippen LogP contribution in [0.15, 0.2) is 24.3 Å². The van der Waals surface area contributed by atoms with Crippen LogP contribution in [-0.4, -0.2) is 25.6 Å². The van der Waals surface area contributed by atoms with Gasteiger partial charge in [-0.3, -0.25) is 0 Å². The van der Waals surface area contributed by atoms with Crippen molar-refractivity contribution in [2.75, 3.05) is 10.6 Å². The van der Waals surface area contributed by atoms with Crippen molar-refractivity contribution >= 4 is 29.2 Å². The fourth-order valence-electron chi connectivity index (χ4n) is 1.50. The van der Waals surface area contributed by atoms with Crippen LogP contribution in [-0.2, 0) is 0 Å². The smallest absolute Gasteiger partial charge is 0.233 e. The van der Waals surface area contributed by atoms with Gasteiger partial charge in [-0.2, -0.15) is 15.0 Å². The molecule has 0 aliphatic carbocycles. The second-order valence-electron chi connectivity index (χ2n) is 5.27. The molecule has 0 spiro atoms. The van der Waals surface area contributed by atoms with E-state index >= 15 is 0 Å². The molecule has 7 heteroatoms. The highest BCUT2D eigenvalue weighted by molar-refractivity contribution is 6.28. The normalized spacial score (nSPS) is 11.2. The van der Waals surface area contributed by atoms with Crippen molar-refractivity contribution in [1.29, 1.82) is 0 Å². The number of phenolic OH excluding ortho intramolecular Hbond substituents is 1. The summed E-state index contributed by atoms with van der Waals surface area (Å²) >= 11 is 5.88. The fourth-order valence-corrected chi connectivity index (χ4v) is 1.66. The van der Waals surface area contributed by atoms with Gasteiger partial charge in [-0.15, -0.1) is 0 Å². The minimum Gasteiger partial charge on any atom is -0.506 e. The highest BCUT2D eigenvalue weighted by atomic mass is 35.5. The maximum Gasteiger partial charge on any atom is 0.233 e. The van der Waals surface area contributed by atoms with Crippen molar-refractivity contribution in [2.24, 2.45) is 0 Å². The van der Waals surface area contributed by atoms with E-state index in [4.69, 9.17) is 11.6 Å². The molecular formula is C13H16ClN5O. The molecule has 3 N–H and O–H groups in total. The molecule has 0 atom stereocenters. The molecule has 0 aliphatic rings. The number of nitrogens with zero attached hydrogens (tertiary/aromatic N) is 3. The van der Waals surface area contributed by atoms with Gasteiger partial charge in [0.1, 0.15) is 5.75 Å². The number of aromatic nitrogens is 3. The van der Waals surface area contributed by atoms with Gasteiger partial charge in [-0.05, 0) is 44.5 Å². The topological polar surface area (TPSA) is 83.0 Å². The Balaban J connectivity index is 2.27. The van der Waals surface area contributed by atoms with Crippen molar-refractivity contribution < 1.29 is 5.11 Å². The molecule has 106 valence electrons. The van der Waals surface area contributed by atoms with Gasteiger partial charge < -0.3 is 15.7 Å². The summed E-state index contributed by atoms with van der Waals surface area (Å²) in [5, 5.41) is 15.8. The number of hydrogen-bond acceptors (Lipinski definition) is 6. The predicted octanol–water partition coefficient (Wildman–Crippen LogP) is 3.18. The molecule has 0 aliphatic heterocycles. The summed E-state index contributed by atoms with van der Waals surface area (Å²) in [5.41, 5.74) is 0.299. The lowest BCUT2D eigenvalue weighted by molar-refractivity contribution is 0.477. The molecule has 0 bridgehead atoms.